The second-order valence-electron chi connectivity index (χ2n) is 16.9. The quantitative estimate of drug-likeness (QED) is 0.0875. The van der Waals surface area contributed by atoms with Crippen LogP contribution in [0.5, 0.6) is 0 Å². The molecule has 0 amide bonds. The Kier molecular flexibility index (Phi) is 28.6. The molecule has 0 saturated heterocycles. The maximum atomic E-state index is 2.82. The molecule has 2 saturated carbocycles. The van der Waals surface area contributed by atoms with Crippen molar-refractivity contribution in [3.05, 3.63) is 0 Å². The van der Waals surface area contributed by atoms with Gasteiger partial charge in [-0.1, -0.05) is 176 Å². The highest BCUT2D eigenvalue weighted by molar-refractivity contribution is 4.81. The minimum absolute atomic E-state index is 0.881. The molecular formula is C43H88N2. The van der Waals surface area contributed by atoms with Crippen molar-refractivity contribution in [2.75, 3.05) is 26.7 Å². The SMILES string of the molecule is CC(C)CCCCCCCN(CCCCCCCC(C)C)CCCCCCCC(C)C.CN(C1CCCCC1)C1CCCCC1. The van der Waals surface area contributed by atoms with Crippen LogP contribution in [0.2, 0.25) is 0 Å². The number of nitrogens with zero attached hydrogens (tertiary/aromatic N) is 2. The molecule has 0 bridgehead atoms. The first-order valence-electron chi connectivity index (χ1n) is 21.2. The Morgan fingerprint density at radius 1 is 0.378 bits per heavy atom. The van der Waals surface area contributed by atoms with Crippen molar-refractivity contribution in [2.24, 2.45) is 17.8 Å². The largest absolute Gasteiger partial charge is 0.303 e. The number of hydrogen-bond acceptors (Lipinski definition) is 2. The zero-order valence-electron chi connectivity index (χ0n) is 32.7. The topological polar surface area (TPSA) is 6.48 Å². The molecule has 0 aliphatic heterocycles. The summed E-state index contributed by atoms with van der Waals surface area (Å²) >= 11 is 0. The predicted molar refractivity (Wildman–Crippen MR) is 206 cm³/mol. The Hall–Kier alpha value is -0.0800. The monoisotopic (exact) mass is 633 g/mol. The summed E-state index contributed by atoms with van der Waals surface area (Å²) in [4.78, 5) is 5.54. The fourth-order valence-electron chi connectivity index (χ4n) is 7.87. The fourth-order valence-corrected chi connectivity index (χ4v) is 7.87. The normalized spacial score (nSPS) is 16.8. The summed E-state index contributed by atoms with van der Waals surface area (Å²) in [5.74, 6) is 2.64. The minimum atomic E-state index is 0.881. The van der Waals surface area contributed by atoms with Gasteiger partial charge in [-0.05, 0) is 89.4 Å². The highest BCUT2D eigenvalue weighted by Crippen LogP contribution is 2.28. The Balaban J connectivity index is 0.000000591. The van der Waals surface area contributed by atoms with Crippen LogP contribution in [-0.2, 0) is 0 Å². The zero-order valence-corrected chi connectivity index (χ0v) is 32.7. The molecule has 45 heavy (non-hydrogen) atoms. The van der Waals surface area contributed by atoms with E-state index in [0.29, 0.717) is 0 Å². The lowest BCUT2D eigenvalue weighted by atomic mass is 9.89. The number of hydrogen-bond donors (Lipinski definition) is 0. The Bertz CT molecular complexity index is 516. The van der Waals surface area contributed by atoms with Crippen LogP contribution in [0.4, 0.5) is 0 Å². The molecule has 0 aromatic rings. The third-order valence-corrected chi connectivity index (χ3v) is 11.1. The third-order valence-electron chi connectivity index (χ3n) is 11.1. The van der Waals surface area contributed by atoms with Crippen molar-refractivity contribution in [3.8, 4) is 0 Å². The lowest BCUT2D eigenvalue weighted by Gasteiger charge is -2.39. The molecule has 0 atom stereocenters. The molecular weight excluding hydrogens is 544 g/mol. The van der Waals surface area contributed by atoms with Gasteiger partial charge in [0.2, 0.25) is 0 Å². The average Bonchev–Trinajstić information content (AvgIpc) is 3.03. The van der Waals surface area contributed by atoms with Gasteiger partial charge >= 0.3 is 0 Å². The molecule has 2 rings (SSSR count). The van der Waals surface area contributed by atoms with Gasteiger partial charge in [0.25, 0.3) is 0 Å². The molecule has 0 aromatic heterocycles. The first kappa shape index (κ1) is 42.9. The Morgan fingerprint density at radius 3 is 0.933 bits per heavy atom. The van der Waals surface area contributed by atoms with Crippen LogP contribution in [0.25, 0.3) is 0 Å². The van der Waals surface area contributed by atoms with Crippen molar-refractivity contribution < 1.29 is 0 Å². The van der Waals surface area contributed by atoms with Gasteiger partial charge in [0.05, 0.1) is 0 Å². The molecule has 0 unspecified atom stereocenters. The Labute approximate surface area is 287 Å². The molecule has 0 spiro atoms. The van der Waals surface area contributed by atoms with Crippen LogP contribution in [0.3, 0.4) is 0 Å². The van der Waals surface area contributed by atoms with Crippen LogP contribution in [0.1, 0.15) is 221 Å². The van der Waals surface area contributed by atoms with Crippen LogP contribution in [0.15, 0.2) is 0 Å². The average molecular weight is 633 g/mol. The Morgan fingerprint density at radius 2 is 0.644 bits per heavy atom. The van der Waals surface area contributed by atoms with Crippen LogP contribution >= 0.6 is 0 Å². The van der Waals surface area contributed by atoms with Crippen molar-refractivity contribution in [1.82, 2.24) is 9.80 Å². The highest BCUT2D eigenvalue weighted by atomic mass is 15.2. The van der Waals surface area contributed by atoms with Crippen molar-refractivity contribution in [1.29, 1.82) is 0 Å². The first-order valence-corrected chi connectivity index (χ1v) is 21.2. The van der Waals surface area contributed by atoms with Crippen LogP contribution in [0, 0.1) is 17.8 Å². The maximum absolute atomic E-state index is 2.82. The highest BCUT2D eigenvalue weighted by Gasteiger charge is 2.25. The second-order valence-corrected chi connectivity index (χ2v) is 16.9. The molecule has 0 radical (unpaired) electrons. The molecule has 2 aliphatic rings. The van der Waals surface area contributed by atoms with E-state index in [2.05, 4.69) is 58.4 Å². The molecule has 0 aromatic carbocycles. The van der Waals surface area contributed by atoms with E-state index in [1.807, 2.05) is 0 Å². The van der Waals surface area contributed by atoms with Gasteiger partial charge in [-0.15, -0.1) is 0 Å². The van der Waals surface area contributed by atoms with E-state index < -0.39 is 0 Å². The van der Waals surface area contributed by atoms with E-state index in [-0.39, 0.29) is 0 Å². The summed E-state index contributed by atoms with van der Waals surface area (Å²) in [6, 6.07) is 1.85. The van der Waals surface area contributed by atoms with Gasteiger partial charge in [0.1, 0.15) is 0 Å². The third kappa shape index (κ3) is 26.5. The van der Waals surface area contributed by atoms with Gasteiger partial charge in [0.15, 0.2) is 0 Å². The predicted octanol–water partition coefficient (Wildman–Crippen LogP) is 13.9. The van der Waals surface area contributed by atoms with E-state index >= 15 is 0 Å². The molecule has 2 fully saturated rings. The van der Waals surface area contributed by atoms with Crippen molar-refractivity contribution >= 4 is 0 Å². The lowest BCUT2D eigenvalue weighted by Crippen LogP contribution is -2.42. The van der Waals surface area contributed by atoms with Gasteiger partial charge in [-0.2, -0.15) is 0 Å². The number of rotatable bonds is 26. The molecule has 0 N–H and O–H groups in total. The zero-order chi connectivity index (χ0) is 33.0. The molecule has 2 nitrogen and oxygen atoms in total. The summed E-state index contributed by atoms with van der Waals surface area (Å²) in [6.45, 7) is 18.2. The van der Waals surface area contributed by atoms with E-state index in [1.54, 1.807) is 0 Å². The summed E-state index contributed by atoms with van der Waals surface area (Å²) in [5, 5.41) is 0. The maximum Gasteiger partial charge on any atom is 0.00951 e. The van der Waals surface area contributed by atoms with Gasteiger partial charge in [-0.3, -0.25) is 0 Å². The van der Waals surface area contributed by atoms with Gasteiger partial charge in [0, 0.05) is 12.1 Å². The van der Waals surface area contributed by atoms with Crippen molar-refractivity contribution in [2.45, 2.75) is 233 Å². The number of unbranched alkanes of at least 4 members (excludes halogenated alkanes) is 12. The van der Waals surface area contributed by atoms with E-state index in [0.717, 1.165) is 29.8 Å². The van der Waals surface area contributed by atoms with E-state index in [1.165, 1.54) is 199 Å². The van der Waals surface area contributed by atoms with Crippen LogP contribution in [-0.4, -0.2) is 48.6 Å². The van der Waals surface area contributed by atoms with Gasteiger partial charge in [-0.25, -0.2) is 0 Å². The lowest BCUT2D eigenvalue weighted by molar-refractivity contribution is 0.111. The van der Waals surface area contributed by atoms with E-state index in [4.69, 9.17) is 0 Å². The second kappa shape index (κ2) is 30.0. The standard InChI is InChI=1S/C30H63N.C13H25N/c1-28(2)22-16-10-7-13-19-25-31(26-20-14-8-11-17-23-29(3)4)27-21-15-9-12-18-24-30(5)6;1-14(12-8-4-2-5-9-12)13-10-6-3-7-11-13/h28-30H,7-27H2,1-6H3;12-13H,2-11H2,1H3. The smallest absolute Gasteiger partial charge is 0.00951 e. The van der Waals surface area contributed by atoms with Crippen LogP contribution < -0.4 is 0 Å². The summed E-state index contributed by atoms with van der Waals surface area (Å²) in [6.07, 6.45) is 40.6. The molecule has 2 heteroatoms. The fraction of sp³-hybridized carbons (Fsp3) is 1.00. The summed E-state index contributed by atoms with van der Waals surface area (Å²) in [7, 11) is 2.38. The van der Waals surface area contributed by atoms with E-state index in [9.17, 15) is 0 Å². The molecule has 0 heterocycles. The molecule has 2 aliphatic carbocycles. The minimum Gasteiger partial charge on any atom is -0.303 e. The first-order chi connectivity index (χ1) is 21.8. The summed E-state index contributed by atoms with van der Waals surface area (Å²) in [5.41, 5.74) is 0. The van der Waals surface area contributed by atoms with Gasteiger partial charge < -0.3 is 9.80 Å². The van der Waals surface area contributed by atoms with Crippen molar-refractivity contribution in [3.63, 3.8) is 0 Å². The summed E-state index contributed by atoms with van der Waals surface area (Å²) < 4.78 is 0. The molecule has 270 valence electrons.